The van der Waals surface area contributed by atoms with Crippen LogP contribution in [-0.4, -0.2) is 32.1 Å². The summed E-state index contributed by atoms with van der Waals surface area (Å²) in [4.78, 5) is 2.23. The second-order valence-corrected chi connectivity index (χ2v) is 5.31. The van der Waals surface area contributed by atoms with E-state index in [-0.39, 0.29) is 0 Å². The van der Waals surface area contributed by atoms with Crippen LogP contribution in [0.3, 0.4) is 0 Å². The van der Waals surface area contributed by atoms with Crippen molar-refractivity contribution in [2.24, 2.45) is 0 Å². The van der Waals surface area contributed by atoms with E-state index in [9.17, 15) is 0 Å². The van der Waals surface area contributed by atoms with Gasteiger partial charge in [0.25, 0.3) is 0 Å². The highest BCUT2D eigenvalue weighted by molar-refractivity contribution is 5.43. The summed E-state index contributed by atoms with van der Waals surface area (Å²) >= 11 is 0. The van der Waals surface area contributed by atoms with Crippen LogP contribution in [0, 0.1) is 13.8 Å². The van der Waals surface area contributed by atoms with Crippen LogP contribution in [0.25, 0.3) is 0 Å². The summed E-state index contributed by atoms with van der Waals surface area (Å²) in [6.45, 7) is 8.38. The number of rotatable bonds is 7. The Labute approximate surface area is 112 Å². The summed E-state index contributed by atoms with van der Waals surface area (Å²) < 4.78 is 5.81. The Morgan fingerprint density at radius 2 is 1.72 bits per heavy atom. The molecule has 0 fully saturated rings. The molecule has 0 N–H and O–H groups in total. The summed E-state index contributed by atoms with van der Waals surface area (Å²) in [5, 5.41) is 0. The molecule has 1 aromatic rings. The fourth-order valence-corrected chi connectivity index (χ4v) is 2.22. The molecule has 0 atom stereocenters. The lowest BCUT2D eigenvalue weighted by Gasteiger charge is -2.14. The second-order valence-electron chi connectivity index (χ2n) is 5.31. The molecule has 0 aliphatic carbocycles. The smallest absolute Gasteiger partial charge is 0.125 e. The monoisotopic (exact) mass is 249 g/mol. The number of nitrogens with zero attached hydrogens (tertiary/aromatic N) is 1. The minimum atomic E-state index is 0.807. The van der Waals surface area contributed by atoms with Crippen LogP contribution in [0.4, 0.5) is 0 Å². The van der Waals surface area contributed by atoms with Gasteiger partial charge in [-0.05, 0) is 70.4 Å². The molecule has 18 heavy (non-hydrogen) atoms. The molecule has 0 saturated carbocycles. The Bertz CT molecular complexity index is 348. The van der Waals surface area contributed by atoms with Gasteiger partial charge in [0.05, 0.1) is 6.61 Å². The van der Waals surface area contributed by atoms with E-state index < -0.39 is 0 Å². The second kappa shape index (κ2) is 7.42. The highest BCUT2D eigenvalue weighted by atomic mass is 16.5. The Kier molecular flexibility index (Phi) is 6.20. The molecule has 0 heterocycles. The van der Waals surface area contributed by atoms with Crippen molar-refractivity contribution in [2.75, 3.05) is 27.2 Å². The third kappa shape index (κ3) is 4.69. The summed E-state index contributed by atoms with van der Waals surface area (Å²) in [5.41, 5.74) is 3.96. The fourth-order valence-electron chi connectivity index (χ4n) is 2.22. The maximum Gasteiger partial charge on any atom is 0.125 e. The van der Waals surface area contributed by atoms with Crippen molar-refractivity contribution in [1.82, 2.24) is 4.90 Å². The van der Waals surface area contributed by atoms with E-state index in [1.54, 1.807) is 0 Å². The Hall–Kier alpha value is -1.02. The van der Waals surface area contributed by atoms with Gasteiger partial charge in [-0.3, -0.25) is 0 Å². The molecule has 2 nitrogen and oxygen atoms in total. The van der Waals surface area contributed by atoms with E-state index in [1.165, 1.54) is 23.1 Å². The Morgan fingerprint density at radius 3 is 2.22 bits per heavy atom. The molecule has 0 bridgehead atoms. The van der Waals surface area contributed by atoms with Gasteiger partial charge in [0.2, 0.25) is 0 Å². The average Bonchev–Trinajstić information content (AvgIpc) is 2.27. The molecule has 102 valence electrons. The van der Waals surface area contributed by atoms with Crippen molar-refractivity contribution in [3.63, 3.8) is 0 Å². The maximum absolute atomic E-state index is 5.81. The minimum absolute atomic E-state index is 0.807. The highest BCUT2D eigenvalue weighted by Gasteiger charge is 2.06. The van der Waals surface area contributed by atoms with E-state index in [0.29, 0.717) is 0 Å². The summed E-state index contributed by atoms with van der Waals surface area (Å²) in [7, 11) is 4.25. The van der Waals surface area contributed by atoms with Gasteiger partial charge in [0.1, 0.15) is 5.75 Å². The summed E-state index contributed by atoms with van der Waals surface area (Å²) in [6.07, 6.45) is 3.42. The number of ether oxygens (including phenoxy) is 1. The lowest BCUT2D eigenvalue weighted by molar-refractivity contribution is 0.313. The normalized spacial score (nSPS) is 11.0. The number of hydrogen-bond acceptors (Lipinski definition) is 2. The first kappa shape index (κ1) is 15.0. The van der Waals surface area contributed by atoms with Crippen molar-refractivity contribution in [2.45, 2.75) is 40.0 Å². The first-order valence-corrected chi connectivity index (χ1v) is 6.92. The van der Waals surface area contributed by atoms with Crippen molar-refractivity contribution < 1.29 is 4.74 Å². The van der Waals surface area contributed by atoms with Gasteiger partial charge in [-0.15, -0.1) is 0 Å². The van der Waals surface area contributed by atoms with E-state index >= 15 is 0 Å². The molecular formula is C16H27NO. The van der Waals surface area contributed by atoms with Gasteiger partial charge in [-0.1, -0.05) is 19.1 Å². The molecule has 0 aromatic heterocycles. The molecular weight excluding hydrogens is 222 g/mol. The zero-order valence-electron chi connectivity index (χ0n) is 12.5. The van der Waals surface area contributed by atoms with Crippen LogP contribution in [0.1, 0.15) is 36.5 Å². The van der Waals surface area contributed by atoms with Gasteiger partial charge >= 0.3 is 0 Å². The molecule has 2 heteroatoms. The van der Waals surface area contributed by atoms with Crippen LogP contribution in [0.15, 0.2) is 12.1 Å². The van der Waals surface area contributed by atoms with Crippen molar-refractivity contribution in [1.29, 1.82) is 0 Å². The molecule has 0 amide bonds. The number of benzene rings is 1. The van der Waals surface area contributed by atoms with E-state index in [4.69, 9.17) is 4.74 Å². The minimum Gasteiger partial charge on any atom is -0.493 e. The zero-order valence-corrected chi connectivity index (χ0v) is 12.5. The van der Waals surface area contributed by atoms with Gasteiger partial charge < -0.3 is 9.64 Å². The average molecular weight is 249 g/mol. The number of hydrogen-bond donors (Lipinski definition) is 0. The van der Waals surface area contributed by atoms with Gasteiger partial charge in [0, 0.05) is 0 Å². The third-order valence-corrected chi connectivity index (χ3v) is 3.04. The predicted octanol–water partition coefficient (Wildman–Crippen LogP) is 3.59. The fraction of sp³-hybridized carbons (Fsp3) is 0.625. The largest absolute Gasteiger partial charge is 0.493 e. The predicted molar refractivity (Wildman–Crippen MR) is 78.6 cm³/mol. The Morgan fingerprint density at radius 1 is 1.11 bits per heavy atom. The van der Waals surface area contributed by atoms with Crippen molar-refractivity contribution >= 4 is 0 Å². The molecule has 0 radical (unpaired) electrons. The molecule has 1 aromatic carbocycles. The first-order valence-electron chi connectivity index (χ1n) is 6.92. The standard InChI is InChI=1S/C16H27NO/c1-6-10-18-16-13(2)11-15(12-14(16)3)8-7-9-17(4)5/h11-12H,6-10H2,1-5H3. The Balaban J connectivity index is 2.67. The van der Waals surface area contributed by atoms with Crippen LogP contribution in [-0.2, 0) is 6.42 Å². The zero-order chi connectivity index (χ0) is 13.5. The van der Waals surface area contributed by atoms with Crippen LogP contribution in [0.5, 0.6) is 5.75 Å². The maximum atomic E-state index is 5.81. The quantitative estimate of drug-likeness (QED) is 0.732. The number of aryl methyl sites for hydroxylation is 3. The summed E-state index contributed by atoms with van der Waals surface area (Å²) in [5.74, 6) is 1.08. The summed E-state index contributed by atoms with van der Waals surface area (Å²) in [6, 6.07) is 4.54. The molecule has 0 aliphatic heterocycles. The van der Waals surface area contributed by atoms with Crippen LogP contribution in [0.2, 0.25) is 0 Å². The van der Waals surface area contributed by atoms with Gasteiger partial charge in [0.15, 0.2) is 0 Å². The van der Waals surface area contributed by atoms with E-state index in [0.717, 1.165) is 31.7 Å². The van der Waals surface area contributed by atoms with E-state index in [2.05, 4.69) is 51.9 Å². The van der Waals surface area contributed by atoms with Crippen molar-refractivity contribution in [3.05, 3.63) is 28.8 Å². The molecule has 0 spiro atoms. The van der Waals surface area contributed by atoms with E-state index in [1.807, 2.05) is 0 Å². The highest BCUT2D eigenvalue weighted by Crippen LogP contribution is 2.25. The van der Waals surface area contributed by atoms with Crippen LogP contribution < -0.4 is 4.74 Å². The molecule has 0 saturated heterocycles. The lowest BCUT2D eigenvalue weighted by atomic mass is 10.0. The SMILES string of the molecule is CCCOc1c(C)cc(CCCN(C)C)cc1C. The van der Waals surface area contributed by atoms with Crippen molar-refractivity contribution in [3.8, 4) is 5.75 Å². The molecule has 0 aliphatic rings. The van der Waals surface area contributed by atoms with Gasteiger partial charge in [-0.2, -0.15) is 0 Å². The molecule has 1 rings (SSSR count). The van der Waals surface area contributed by atoms with Crippen LogP contribution >= 0.6 is 0 Å². The molecule has 0 unspecified atom stereocenters. The first-order chi connectivity index (χ1) is 8.54. The van der Waals surface area contributed by atoms with Gasteiger partial charge in [-0.25, -0.2) is 0 Å². The third-order valence-electron chi connectivity index (χ3n) is 3.04. The lowest BCUT2D eigenvalue weighted by Crippen LogP contribution is -2.13. The topological polar surface area (TPSA) is 12.5 Å².